The maximum atomic E-state index is 13.3. The number of amides is 1. The highest BCUT2D eigenvalue weighted by molar-refractivity contribution is 5.98. The van der Waals surface area contributed by atoms with Crippen LogP contribution in [0.5, 0.6) is 0 Å². The summed E-state index contributed by atoms with van der Waals surface area (Å²) in [5.41, 5.74) is 3.26. The van der Waals surface area contributed by atoms with Gasteiger partial charge in [0.05, 0.1) is 19.6 Å². The minimum atomic E-state index is 0.0916. The Morgan fingerprint density at radius 3 is 2.86 bits per heavy atom. The lowest BCUT2D eigenvalue weighted by molar-refractivity contribution is -0.118. The Labute approximate surface area is 169 Å². The molecule has 1 aromatic carbocycles. The number of ether oxygens (including phenoxy) is 1. The highest BCUT2D eigenvalue weighted by atomic mass is 16.5. The van der Waals surface area contributed by atoms with Gasteiger partial charge >= 0.3 is 0 Å². The third kappa shape index (κ3) is 3.35. The molecule has 0 unspecified atom stereocenters. The topological polar surface area (TPSA) is 63.5 Å². The number of aryl methyl sites for hydroxylation is 2. The van der Waals surface area contributed by atoms with E-state index in [0.29, 0.717) is 32.1 Å². The Balaban J connectivity index is 1.43. The van der Waals surface area contributed by atoms with E-state index in [0.717, 1.165) is 53.8 Å². The van der Waals surface area contributed by atoms with Crippen LogP contribution in [0.25, 0.3) is 10.9 Å². The number of nitrogens with zero attached hydrogens (tertiary/aromatic N) is 5. The molecule has 0 spiro atoms. The maximum absolute atomic E-state index is 13.3. The van der Waals surface area contributed by atoms with E-state index in [2.05, 4.69) is 32.8 Å². The van der Waals surface area contributed by atoms with E-state index in [1.54, 1.807) is 0 Å². The van der Waals surface area contributed by atoms with Gasteiger partial charge in [-0.3, -0.25) is 9.69 Å². The molecule has 2 aliphatic heterocycles. The monoisotopic (exact) mass is 391 g/mol. The normalized spacial score (nSPS) is 16.9. The summed E-state index contributed by atoms with van der Waals surface area (Å²) in [6.45, 7) is 3.63. The van der Waals surface area contributed by atoms with Crippen LogP contribution in [0, 0.1) is 0 Å². The van der Waals surface area contributed by atoms with Crippen LogP contribution >= 0.6 is 0 Å². The highest BCUT2D eigenvalue weighted by Crippen LogP contribution is 2.28. The third-order valence-corrected chi connectivity index (χ3v) is 5.83. The number of hydrogen-bond donors (Lipinski definition) is 0. The summed E-state index contributed by atoms with van der Waals surface area (Å²) in [4.78, 5) is 26.6. The van der Waals surface area contributed by atoms with Gasteiger partial charge in [-0.1, -0.05) is 18.2 Å². The third-order valence-electron chi connectivity index (χ3n) is 5.83. The van der Waals surface area contributed by atoms with Crippen molar-refractivity contribution in [2.24, 2.45) is 7.05 Å². The summed E-state index contributed by atoms with van der Waals surface area (Å²) in [6, 6.07) is 8.22. The van der Waals surface area contributed by atoms with E-state index in [9.17, 15) is 4.79 Å². The largest absolute Gasteiger partial charge is 0.378 e. The lowest BCUT2D eigenvalue weighted by Crippen LogP contribution is -2.40. The molecule has 0 aliphatic carbocycles. The molecule has 7 nitrogen and oxygen atoms in total. The number of fused-ring (bicyclic) bond motifs is 2. The van der Waals surface area contributed by atoms with Gasteiger partial charge in [0.2, 0.25) is 11.9 Å². The molecule has 29 heavy (non-hydrogen) atoms. The van der Waals surface area contributed by atoms with Gasteiger partial charge in [-0.25, -0.2) is 4.98 Å². The van der Waals surface area contributed by atoms with Crippen LogP contribution in [0.2, 0.25) is 0 Å². The second kappa shape index (κ2) is 7.48. The quantitative estimate of drug-likeness (QED) is 0.686. The van der Waals surface area contributed by atoms with E-state index >= 15 is 0 Å². The van der Waals surface area contributed by atoms with Gasteiger partial charge in [-0.2, -0.15) is 4.98 Å². The van der Waals surface area contributed by atoms with Gasteiger partial charge in [0, 0.05) is 55.5 Å². The van der Waals surface area contributed by atoms with Crippen molar-refractivity contribution >= 4 is 28.6 Å². The molecule has 0 radical (unpaired) electrons. The summed E-state index contributed by atoms with van der Waals surface area (Å²) < 4.78 is 7.52. The van der Waals surface area contributed by atoms with Crippen LogP contribution in [-0.4, -0.2) is 53.3 Å². The fourth-order valence-corrected chi connectivity index (χ4v) is 4.32. The Bertz CT molecular complexity index is 1050. The van der Waals surface area contributed by atoms with Gasteiger partial charge < -0.3 is 14.2 Å². The smallest absolute Gasteiger partial charge is 0.232 e. The molecular weight excluding hydrogens is 366 g/mol. The minimum absolute atomic E-state index is 0.0916. The molecule has 3 aromatic rings. The Kier molecular flexibility index (Phi) is 4.67. The standard InChI is InChI=1S/C22H25N5O2/c1-25-15-17(18-6-2-3-7-19(18)25)13-20(28)27-8-4-5-16-14-23-22(24-21(16)27)26-9-11-29-12-10-26/h2-3,6-7,14-15H,4-5,8-13H2,1H3. The zero-order chi connectivity index (χ0) is 19.8. The van der Waals surface area contributed by atoms with Crippen molar-refractivity contribution in [1.82, 2.24) is 14.5 Å². The van der Waals surface area contributed by atoms with Crippen LogP contribution in [0.1, 0.15) is 17.5 Å². The molecule has 1 saturated heterocycles. The number of rotatable bonds is 3. The van der Waals surface area contributed by atoms with Gasteiger partial charge in [-0.05, 0) is 24.5 Å². The van der Waals surface area contributed by atoms with Crippen LogP contribution in [-0.2, 0) is 29.4 Å². The highest BCUT2D eigenvalue weighted by Gasteiger charge is 2.27. The number of benzene rings is 1. The number of carbonyl (C=O) groups excluding carboxylic acids is 1. The van der Waals surface area contributed by atoms with E-state index in [4.69, 9.17) is 9.72 Å². The molecule has 7 heteroatoms. The number of morpholine rings is 1. The summed E-state index contributed by atoms with van der Waals surface area (Å²) in [5, 5.41) is 1.14. The van der Waals surface area contributed by atoms with Crippen molar-refractivity contribution < 1.29 is 9.53 Å². The summed E-state index contributed by atoms with van der Waals surface area (Å²) in [6.07, 6.45) is 6.18. The van der Waals surface area contributed by atoms with E-state index < -0.39 is 0 Å². The first-order valence-corrected chi connectivity index (χ1v) is 10.2. The van der Waals surface area contributed by atoms with E-state index in [1.165, 1.54) is 0 Å². The molecular formula is C22H25N5O2. The zero-order valence-electron chi connectivity index (χ0n) is 16.7. The summed E-state index contributed by atoms with van der Waals surface area (Å²) >= 11 is 0. The Morgan fingerprint density at radius 1 is 1.17 bits per heavy atom. The predicted molar refractivity (Wildman–Crippen MR) is 112 cm³/mol. The van der Waals surface area contributed by atoms with Crippen molar-refractivity contribution in [2.75, 3.05) is 42.6 Å². The second-order valence-electron chi connectivity index (χ2n) is 7.73. The van der Waals surface area contributed by atoms with Gasteiger partial charge in [-0.15, -0.1) is 0 Å². The van der Waals surface area contributed by atoms with Gasteiger partial charge in [0.1, 0.15) is 5.82 Å². The zero-order valence-corrected chi connectivity index (χ0v) is 16.7. The number of carbonyl (C=O) groups is 1. The SMILES string of the molecule is Cn1cc(CC(=O)N2CCCc3cnc(N4CCOCC4)nc32)c2ccccc21. The average Bonchev–Trinajstić information content (AvgIpc) is 3.09. The molecule has 0 saturated carbocycles. The van der Waals surface area contributed by atoms with Crippen LogP contribution in [0.3, 0.4) is 0 Å². The number of hydrogen-bond acceptors (Lipinski definition) is 5. The van der Waals surface area contributed by atoms with Crippen LogP contribution in [0.4, 0.5) is 11.8 Å². The Hall–Kier alpha value is -2.93. The molecule has 150 valence electrons. The number of aromatic nitrogens is 3. The first-order valence-electron chi connectivity index (χ1n) is 10.2. The van der Waals surface area contributed by atoms with Crippen molar-refractivity contribution in [3.63, 3.8) is 0 Å². The molecule has 1 amide bonds. The molecule has 0 atom stereocenters. The van der Waals surface area contributed by atoms with Gasteiger partial charge in [0.25, 0.3) is 0 Å². The molecule has 4 heterocycles. The first-order chi connectivity index (χ1) is 14.2. The Morgan fingerprint density at radius 2 is 2.00 bits per heavy atom. The van der Waals surface area contributed by atoms with E-state index in [-0.39, 0.29) is 5.91 Å². The maximum Gasteiger partial charge on any atom is 0.232 e. The second-order valence-corrected chi connectivity index (χ2v) is 7.73. The molecule has 5 rings (SSSR count). The van der Waals surface area contributed by atoms with Crippen LogP contribution in [0.15, 0.2) is 36.7 Å². The van der Waals surface area contributed by atoms with Crippen molar-refractivity contribution in [2.45, 2.75) is 19.3 Å². The molecule has 2 aliphatic rings. The predicted octanol–water partition coefficient (Wildman–Crippen LogP) is 2.33. The molecule has 0 N–H and O–H groups in total. The summed E-state index contributed by atoms with van der Waals surface area (Å²) in [7, 11) is 2.02. The number of para-hydroxylation sites is 1. The molecule has 2 aromatic heterocycles. The van der Waals surface area contributed by atoms with Crippen molar-refractivity contribution in [3.8, 4) is 0 Å². The fourth-order valence-electron chi connectivity index (χ4n) is 4.32. The lowest BCUT2D eigenvalue weighted by atomic mass is 10.1. The fraction of sp³-hybridized carbons (Fsp3) is 0.409. The van der Waals surface area contributed by atoms with Crippen molar-refractivity contribution in [3.05, 3.63) is 47.8 Å². The average molecular weight is 391 g/mol. The summed E-state index contributed by atoms with van der Waals surface area (Å²) in [5.74, 6) is 1.56. The number of anilines is 2. The van der Waals surface area contributed by atoms with Crippen molar-refractivity contribution in [1.29, 1.82) is 0 Å². The van der Waals surface area contributed by atoms with Gasteiger partial charge in [0.15, 0.2) is 0 Å². The first kappa shape index (κ1) is 18.1. The molecule has 0 bridgehead atoms. The lowest BCUT2D eigenvalue weighted by Gasteiger charge is -2.31. The van der Waals surface area contributed by atoms with Crippen LogP contribution < -0.4 is 9.80 Å². The van der Waals surface area contributed by atoms with E-state index in [1.807, 2.05) is 30.3 Å². The molecule has 1 fully saturated rings. The minimum Gasteiger partial charge on any atom is -0.378 e.